The first kappa shape index (κ1) is 19.3. The summed E-state index contributed by atoms with van der Waals surface area (Å²) < 4.78 is 29.0. The third-order valence-electron chi connectivity index (χ3n) is 5.12. The Kier molecular flexibility index (Phi) is 6.42. The predicted octanol–water partition coefficient (Wildman–Crippen LogP) is 3.25. The number of halogens is 2. The van der Waals surface area contributed by atoms with Gasteiger partial charge >= 0.3 is 0 Å². The first-order valence-corrected chi connectivity index (χ1v) is 9.53. The molecule has 1 saturated heterocycles. The third kappa shape index (κ3) is 4.84. The van der Waals surface area contributed by atoms with Gasteiger partial charge in [-0.25, -0.2) is 13.8 Å². The number of piperidine rings is 1. The molecule has 0 aliphatic carbocycles. The van der Waals surface area contributed by atoms with Gasteiger partial charge in [0.15, 0.2) is 5.96 Å². The van der Waals surface area contributed by atoms with Crippen molar-refractivity contribution in [3.05, 3.63) is 54.1 Å². The van der Waals surface area contributed by atoms with Crippen LogP contribution in [0.25, 0.3) is 0 Å². The zero-order chi connectivity index (χ0) is 19.2. The van der Waals surface area contributed by atoms with Gasteiger partial charge in [0.05, 0.1) is 12.4 Å². The first-order chi connectivity index (χ1) is 13.1. The summed E-state index contributed by atoms with van der Waals surface area (Å²) in [4.78, 5) is 11.1. The lowest BCUT2D eigenvalue weighted by Gasteiger charge is -2.39. The lowest BCUT2D eigenvalue weighted by molar-refractivity contribution is 0.189. The molecule has 146 valence electrons. The summed E-state index contributed by atoms with van der Waals surface area (Å²) in [5, 5.41) is 3.34. The van der Waals surface area contributed by atoms with Gasteiger partial charge in [-0.2, -0.15) is 0 Å². The normalized spacial score (nSPS) is 20.7. The van der Waals surface area contributed by atoms with Gasteiger partial charge in [0, 0.05) is 44.6 Å². The van der Waals surface area contributed by atoms with Gasteiger partial charge in [-0.15, -0.1) is 0 Å². The fourth-order valence-electron chi connectivity index (χ4n) is 3.53. The van der Waals surface area contributed by atoms with Crippen molar-refractivity contribution in [3.63, 3.8) is 0 Å². The molecule has 27 heavy (non-hydrogen) atoms. The van der Waals surface area contributed by atoms with Crippen LogP contribution in [0.5, 0.6) is 0 Å². The van der Waals surface area contributed by atoms with Gasteiger partial charge in [0.2, 0.25) is 0 Å². The van der Waals surface area contributed by atoms with E-state index in [1.54, 1.807) is 0 Å². The van der Waals surface area contributed by atoms with Crippen LogP contribution in [0.1, 0.15) is 31.9 Å². The molecule has 1 aliphatic heterocycles. The van der Waals surface area contributed by atoms with Gasteiger partial charge < -0.3 is 14.8 Å². The van der Waals surface area contributed by atoms with E-state index in [0.717, 1.165) is 38.1 Å². The van der Waals surface area contributed by atoms with Crippen LogP contribution in [0.4, 0.5) is 8.78 Å². The van der Waals surface area contributed by atoms with Gasteiger partial charge in [-0.05, 0) is 37.3 Å². The molecule has 3 rings (SSSR count). The smallest absolute Gasteiger partial charge is 0.193 e. The summed E-state index contributed by atoms with van der Waals surface area (Å²) in [6.45, 7) is 7.31. The summed E-state index contributed by atoms with van der Waals surface area (Å²) in [6, 6.07) is 4.05. The molecule has 0 amide bonds. The van der Waals surface area contributed by atoms with Crippen molar-refractivity contribution >= 4 is 5.96 Å². The zero-order valence-electron chi connectivity index (χ0n) is 15.9. The third-order valence-corrected chi connectivity index (χ3v) is 5.12. The van der Waals surface area contributed by atoms with E-state index in [4.69, 9.17) is 0 Å². The van der Waals surface area contributed by atoms with Gasteiger partial charge in [0.25, 0.3) is 0 Å². The number of rotatable bonds is 5. The molecule has 0 radical (unpaired) electrons. The molecular formula is C20H27F2N5. The van der Waals surface area contributed by atoms with Gasteiger partial charge in [0.1, 0.15) is 11.6 Å². The molecule has 0 saturated carbocycles. The Morgan fingerprint density at radius 2 is 2.22 bits per heavy atom. The van der Waals surface area contributed by atoms with Gasteiger partial charge in [-0.3, -0.25) is 4.99 Å². The second-order valence-corrected chi connectivity index (χ2v) is 7.01. The molecule has 0 bridgehead atoms. The lowest BCUT2D eigenvalue weighted by atomic mass is 9.93. The number of likely N-dealkylation sites (tertiary alicyclic amines) is 1. The number of benzene rings is 1. The molecule has 7 heteroatoms. The summed E-state index contributed by atoms with van der Waals surface area (Å²) in [5.41, 5.74) is 0.486. The predicted molar refractivity (Wildman–Crippen MR) is 103 cm³/mol. The van der Waals surface area contributed by atoms with Crippen LogP contribution in [-0.4, -0.2) is 46.6 Å². The Morgan fingerprint density at radius 3 is 2.93 bits per heavy atom. The minimum absolute atomic E-state index is 0.347. The standard InChI is InChI=1S/C20H27F2N5/c1-3-24-20(25-8-6-16-4-5-17(21)12-18(16)22)26-10-7-15(2)19(13-26)27-11-9-23-14-27/h4-5,9,11-12,14-15,19H,3,6-8,10,13H2,1-2H3,(H,24,25). The van der Waals surface area contributed by atoms with Crippen LogP contribution in [0.2, 0.25) is 0 Å². The zero-order valence-corrected chi connectivity index (χ0v) is 15.9. The molecule has 0 spiro atoms. The van der Waals surface area contributed by atoms with Crippen molar-refractivity contribution in [1.82, 2.24) is 19.8 Å². The largest absolute Gasteiger partial charge is 0.357 e. The molecule has 2 aromatic rings. The monoisotopic (exact) mass is 375 g/mol. The van der Waals surface area contributed by atoms with Gasteiger partial charge in [-0.1, -0.05) is 13.0 Å². The second-order valence-electron chi connectivity index (χ2n) is 7.01. The topological polar surface area (TPSA) is 45.5 Å². The van der Waals surface area contributed by atoms with E-state index in [-0.39, 0.29) is 0 Å². The molecule has 1 aromatic heterocycles. The van der Waals surface area contributed by atoms with Crippen LogP contribution in [0.15, 0.2) is 41.9 Å². The van der Waals surface area contributed by atoms with E-state index in [1.807, 2.05) is 25.6 Å². The number of aromatic nitrogens is 2. The maximum Gasteiger partial charge on any atom is 0.193 e. The summed E-state index contributed by atoms with van der Waals surface area (Å²) in [5.74, 6) is 0.340. The minimum Gasteiger partial charge on any atom is -0.357 e. The maximum atomic E-state index is 13.8. The van der Waals surface area contributed by atoms with E-state index in [2.05, 4.69) is 31.7 Å². The molecule has 1 aromatic carbocycles. The average Bonchev–Trinajstić information content (AvgIpc) is 3.18. The molecule has 1 fully saturated rings. The first-order valence-electron chi connectivity index (χ1n) is 9.53. The fraction of sp³-hybridized carbons (Fsp3) is 0.500. The van der Waals surface area contributed by atoms with E-state index in [0.29, 0.717) is 30.5 Å². The number of nitrogens with zero attached hydrogens (tertiary/aromatic N) is 4. The average molecular weight is 375 g/mol. The Bertz CT molecular complexity index is 760. The van der Waals surface area contributed by atoms with E-state index in [9.17, 15) is 8.78 Å². The van der Waals surface area contributed by atoms with E-state index >= 15 is 0 Å². The molecule has 2 atom stereocenters. The number of aliphatic imine (C=N–C) groups is 1. The summed E-state index contributed by atoms with van der Waals surface area (Å²) in [7, 11) is 0. The second kappa shape index (κ2) is 8.97. The fourth-order valence-corrected chi connectivity index (χ4v) is 3.53. The van der Waals surface area contributed by atoms with Crippen LogP contribution in [0.3, 0.4) is 0 Å². The quantitative estimate of drug-likeness (QED) is 0.645. The van der Waals surface area contributed by atoms with Crippen molar-refractivity contribution in [1.29, 1.82) is 0 Å². The number of hydrogen-bond acceptors (Lipinski definition) is 2. The highest BCUT2D eigenvalue weighted by Crippen LogP contribution is 2.27. The molecule has 2 unspecified atom stereocenters. The number of guanidine groups is 1. The number of hydrogen-bond donors (Lipinski definition) is 1. The Balaban J connectivity index is 1.67. The molecule has 1 N–H and O–H groups in total. The molecule has 2 heterocycles. The Hall–Kier alpha value is -2.44. The van der Waals surface area contributed by atoms with Crippen LogP contribution >= 0.6 is 0 Å². The summed E-state index contributed by atoms with van der Waals surface area (Å²) in [6.07, 6.45) is 7.19. The Labute approximate surface area is 159 Å². The van der Waals surface area contributed by atoms with E-state index < -0.39 is 11.6 Å². The van der Waals surface area contributed by atoms with Crippen LogP contribution < -0.4 is 5.32 Å². The highest BCUT2D eigenvalue weighted by molar-refractivity contribution is 5.80. The number of nitrogens with one attached hydrogen (secondary N) is 1. The van der Waals surface area contributed by atoms with Crippen LogP contribution in [-0.2, 0) is 6.42 Å². The highest BCUT2D eigenvalue weighted by Gasteiger charge is 2.28. The summed E-state index contributed by atoms with van der Waals surface area (Å²) >= 11 is 0. The maximum absolute atomic E-state index is 13.8. The van der Waals surface area contributed by atoms with Crippen molar-refractivity contribution in [2.45, 2.75) is 32.7 Å². The lowest BCUT2D eigenvalue weighted by Crippen LogP contribution is -2.49. The van der Waals surface area contributed by atoms with Crippen molar-refractivity contribution in [3.8, 4) is 0 Å². The molecule has 1 aliphatic rings. The van der Waals surface area contributed by atoms with Crippen molar-refractivity contribution in [2.24, 2.45) is 10.9 Å². The van der Waals surface area contributed by atoms with Crippen LogP contribution in [0, 0.1) is 17.6 Å². The molecule has 5 nitrogen and oxygen atoms in total. The number of imidazole rings is 1. The van der Waals surface area contributed by atoms with E-state index in [1.165, 1.54) is 12.1 Å². The SMILES string of the molecule is CCNC(=NCCc1ccc(F)cc1F)N1CCC(C)C(n2ccnc2)C1. The Morgan fingerprint density at radius 1 is 1.37 bits per heavy atom. The minimum atomic E-state index is -0.555. The van der Waals surface area contributed by atoms with Crippen molar-refractivity contribution < 1.29 is 8.78 Å². The molecular weight excluding hydrogens is 348 g/mol. The highest BCUT2D eigenvalue weighted by atomic mass is 19.1. The van der Waals surface area contributed by atoms with Crippen molar-refractivity contribution in [2.75, 3.05) is 26.2 Å².